The molecule has 0 bridgehead atoms. The van der Waals surface area contributed by atoms with Crippen LogP contribution in [-0.4, -0.2) is 16.2 Å². The van der Waals surface area contributed by atoms with E-state index in [2.05, 4.69) is 9.98 Å². The number of halogens is 2. The molecule has 0 radical (unpaired) electrons. The second-order valence-electron chi connectivity index (χ2n) is 5.49. The number of benzene rings is 1. The largest absolute Gasteiger partial charge is 0.333 e. The van der Waals surface area contributed by atoms with Crippen LogP contribution in [0.5, 0.6) is 0 Å². The first-order valence-corrected chi connectivity index (χ1v) is 8.29. The molecule has 0 amide bonds. The van der Waals surface area contributed by atoms with Crippen molar-refractivity contribution in [2.75, 3.05) is 11.6 Å². The first kappa shape index (κ1) is 15.6. The van der Waals surface area contributed by atoms with Crippen LogP contribution in [0.3, 0.4) is 0 Å². The number of anilines is 1. The van der Waals surface area contributed by atoms with Crippen LogP contribution in [0.4, 0.5) is 14.5 Å². The second-order valence-corrected chi connectivity index (χ2v) is 6.50. The second kappa shape index (κ2) is 6.21. The lowest BCUT2D eigenvalue weighted by Gasteiger charge is -2.25. The summed E-state index contributed by atoms with van der Waals surface area (Å²) in [5, 5.41) is 0. The van der Waals surface area contributed by atoms with Gasteiger partial charge in [0, 0.05) is 24.1 Å². The van der Waals surface area contributed by atoms with Gasteiger partial charge in [0.15, 0.2) is 16.4 Å². The minimum absolute atomic E-state index is 0.167. The third kappa shape index (κ3) is 2.96. The van der Waals surface area contributed by atoms with Crippen LogP contribution < -0.4 is 19.8 Å². The molecule has 0 fully saturated rings. The van der Waals surface area contributed by atoms with Crippen molar-refractivity contribution in [1.82, 2.24) is 9.55 Å². The van der Waals surface area contributed by atoms with Gasteiger partial charge in [-0.1, -0.05) is 17.4 Å². The van der Waals surface area contributed by atoms with Gasteiger partial charge in [-0.15, -0.1) is 0 Å². The first-order chi connectivity index (χ1) is 12.1. The number of thiazole rings is 1. The molecule has 1 aliphatic heterocycles. The van der Waals surface area contributed by atoms with E-state index < -0.39 is 11.6 Å². The summed E-state index contributed by atoms with van der Waals surface area (Å²) in [5.74, 6) is -1.83. The molecule has 0 aliphatic carbocycles. The van der Waals surface area contributed by atoms with Crippen LogP contribution >= 0.6 is 11.3 Å². The molecular weight excluding hydrogens is 346 g/mol. The number of hydrogen-bond donors (Lipinski definition) is 0. The molecule has 1 aromatic carbocycles. The van der Waals surface area contributed by atoms with Gasteiger partial charge >= 0.3 is 0 Å². The summed E-state index contributed by atoms with van der Waals surface area (Å²) in [6, 6.07) is 7.31. The molecule has 3 heterocycles. The van der Waals surface area contributed by atoms with E-state index in [0.29, 0.717) is 15.0 Å². The van der Waals surface area contributed by atoms with E-state index in [1.54, 1.807) is 29.4 Å². The highest BCUT2D eigenvalue weighted by atomic mass is 32.1. The Morgan fingerprint density at radius 2 is 2.08 bits per heavy atom. The van der Waals surface area contributed by atoms with Crippen molar-refractivity contribution in [1.29, 1.82) is 0 Å². The van der Waals surface area contributed by atoms with E-state index in [-0.39, 0.29) is 18.9 Å². The lowest BCUT2D eigenvalue weighted by molar-refractivity contribution is 0.506. The SMILES string of the molecule is O=c1/c(=C/c2cccnc2)sc2n1CN(c1ccc(F)c(F)c1)CN=2. The summed E-state index contributed by atoms with van der Waals surface area (Å²) in [4.78, 5) is 23.3. The molecule has 3 aromatic rings. The van der Waals surface area contributed by atoms with E-state index in [9.17, 15) is 13.6 Å². The number of pyridine rings is 1. The average Bonchev–Trinajstić information content (AvgIpc) is 2.94. The smallest absolute Gasteiger partial charge is 0.271 e. The van der Waals surface area contributed by atoms with E-state index >= 15 is 0 Å². The molecule has 0 unspecified atom stereocenters. The fourth-order valence-corrected chi connectivity index (χ4v) is 3.53. The Balaban J connectivity index is 1.72. The fourth-order valence-electron chi connectivity index (χ4n) is 2.57. The Hall–Kier alpha value is -2.87. The predicted molar refractivity (Wildman–Crippen MR) is 90.9 cm³/mol. The van der Waals surface area contributed by atoms with Gasteiger partial charge in [0.25, 0.3) is 5.56 Å². The topological polar surface area (TPSA) is 50.5 Å². The quantitative estimate of drug-likeness (QED) is 0.697. The highest BCUT2D eigenvalue weighted by Gasteiger charge is 2.17. The van der Waals surface area contributed by atoms with Crippen molar-refractivity contribution < 1.29 is 8.78 Å². The highest BCUT2D eigenvalue weighted by Crippen LogP contribution is 2.19. The maximum absolute atomic E-state index is 13.4. The summed E-state index contributed by atoms with van der Waals surface area (Å²) >= 11 is 1.30. The maximum Gasteiger partial charge on any atom is 0.271 e. The van der Waals surface area contributed by atoms with Crippen LogP contribution in [0.1, 0.15) is 5.56 Å². The van der Waals surface area contributed by atoms with E-state index in [0.717, 1.165) is 17.7 Å². The predicted octanol–water partition coefficient (Wildman–Crippen LogP) is 1.47. The Morgan fingerprint density at radius 1 is 1.20 bits per heavy atom. The van der Waals surface area contributed by atoms with E-state index in [1.807, 2.05) is 6.07 Å². The van der Waals surface area contributed by atoms with Gasteiger partial charge in [0.1, 0.15) is 13.3 Å². The third-order valence-corrected chi connectivity index (χ3v) is 4.87. The summed E-state index contributed by atoms with van der Waals surface area (Å²) in [5.41, 5.74) is 1.14. The molecule has 5 nitrogen and oxygen atoms in total. The van der Waals surface area contributed by atoms with Gasteiger partial charge in [-0.2, -0.15) is 0 Å². The molecule has 25 heavy (non-hydrogen) atoms. The summed E-state index contributed by atoms with van der Waals surface area (Å²) < 4.78 is 28.6. The van der Waals surface area contributed by atoms with Gasteiger partial charge in [-0.3, -0.25) is 14.3 Å². The Bertz CT molecular complexity index is 1110. The molecule has 126 valence electrons. The first-order valence-electron chi connectivity index (χ1n) is 7.48. The van der Waals surface area contributed by atoms with Gasteiger partial charge in [-0.05, 0) is 29.8 Å². The van der Waals surface area contributed by atoms with Gasteiger partial charge in [0.05, 0.1) is 4.53 Å². The van der Waals surface area contributed by atoms with Crippen molar-refractivity contribution in [2.24, 2.45) is 4.99 Å². The van der Waals surface area contributed by atoms with Crippen molar-refractivity contribution in [3.05, 3.63) is 79.6 Å². The van der Waals surface area contributed by atoms with Crippen LogP contribution in [-0.2, 0) is 6.67 Å². The summed E-state index contributed by atoms with van der Waals surface area (Å²) in [6.07, 6.45) is 5.11. The van der Waals surface area contributed by atoms with Crippen molar-refractivity contribution in [3.8, 4) is 0 Å². The molecule has 0 N–H and O–H groups in total. The number of aromatic nitrogens is 2. The van der Waals surface area contributed by atoms with Crippen LogP contribution in [0.25, 0.3) is 6.08 Å². The van der Waals surface area contributed by atoms with Crippen LogP contribution in [0.15, 0.2) is 52.5 Å². The molecular formula is C17H12F2N4OS. The van der Waals surface area contributed by atoms with Crippen LogP contribution in [0.2, 0.25) is 0 Å². The van der Waals surface area contributed by atoms with Crippen molar-refractivity contribution in [3.63, 3.8) is 0 Å². The molecule has 1 aliphatic rings. The van der Waals surface area contributed by atoms with Crippen molar-refractivity contribution >= 4 is 23.1 Å². The third-order valence-electron chi connectivity index (χ3n) is 3.83. The summed E-state index contributed by atoms with van der Waals surface area (Å²) in [6.45, 7) is 0.511. The molecule has 8 heteroatoms. The molecule has 4 rings (SSSR count). The normalized spacial score (nSPS) is 14.3. The Kier molecular flexibility index (Phi) is 3.89. The number of nitrogens with zero attached hydrogens (tertiary/aromatic N) is 4. The molecule has 0 saturated heterocycles. The molecule has 0 saturated carbocycles. The molecule has 2 aromatic heterocycles. The lowest BCUT2D eigenvalue weighted by Crippen LogP contribution is -2.42. The minimum Gasteiger partial charge on any atom is -0.333 e. The number of fused-ring (bicyclic) bond motifs is 1. The standard InChI is InChI=1S/C17H12F2N4OS/c18-13-4-3-12(7-14(13)19)22-9-21-17-23(10-22)16(24)15(25-17)6-11-2-1-5-20-8-11/h1-8H,9-10H2/b15-6-. The molecule has 0 spiro atoms. The number of hydrogen-bond acceptors (Lipinski definition) is 5. The van der Waals surface area contributed by atoms with E-state index in [1.165, 1.54) is 22.0 Å². The maximum atomic E-state index is 13.4. The zero-order valence-electron chi connectivity index (χ0n) is 12.9. The minimum atomic E-state index is -0.924. The fraction of sp³-hybridized carbons (Fsp3) is 0.118. The monoisotopic (exact) mass is 358 g/mol. The van der Waals surface area contributed by atoms with E-state index in [4.69, 9.17) is 0 Å². The van der Waals surface area contributed by atoms with Gasteiger partial charge < -0.3 is 4.90 Å². The van der Waals surface area contributed by atoms with Crippen LogP contribution in [0, 0.1) is 11.6 Å². The lowest BCUT2D eigenvalue weighted by atomic mass is 10.3. The average molecular weight is 358 g/mol. The zero-order chi connectivity index (χ0) is 17.4. The zero-order valence-corrected chi connectivity index (χ0v) is 13.7. The highest BCUT2D eigenvalue weighted by molar-refractivity contribution is 7.07. The Labute approximate surface area is 144 Å². The number of rotatable bonds is 2. The summed E-state index contributed by atoms with van der Waals surface area (Å²) in [7, 11) is 0. The van der Waals surface area contributed by atoms with Crippen molar-refractivity contribution in [2.45, 2.75) is 6.67 Å². The van der Waals surface area contributed by atoms with Gasteiger partial charge in [-0.25, -0.2) is 13.8 Å². The molecule has 0 atom stereocenters. The van der Waals surface area contributed by atoms with Gasteiger partial charge in [0.2, 0.25) is 0 Å². The Morgan fingerprint density at radius 3 is 2.84 bits per heavy atom.